The van der Waals surface area contributed by atoms with Gasteiger partial charge in [0.15, 0.2) is 0 Å². The average molecular weight is 370 g/mol. The van der Waals surface area contributed by atoms with Gasteiger partial charge in [-0.05, 0) is 38.3 Å². The van der Waals surface area contributed by atoms with Crippen molar-refractivity contribution in [1.29, 1.82) is 0 Å². The summed E-state index contributed by atoms with van der Waals surface area (Å²) < 4.78 is 10.8. The number of alkyl carbamates (subject to hydrolysis) is 1. The summed E-state index contributed by atoms with van der Waals surface area (Å²) in [6.45, 7) is 5.99. The lowest BCUT2D eigenvalue weighted by Crippen LogP contribution is -2.51. The lowest BCUT2D eigenvalue weighted by molar-refractivity contribution is 0.000962. The van der Waals surface area contributed by atoms with Crippen LogP contribution >= 0.6 is 0 Å². The highest BCUT2D eigenvalue weighted by Gasteiger charge is 2.37. The van der Waals surface area contributed by atoms with Crippen LogP contribution in [0.4, 0.5) is 9.59 Å². The third-order valence-corrected chi connectivity index (χ3v) is 4.76. The van der Waals surface area contributed by atoms with E-state index in [1.54, 1.807) is 4.90 Å². The van der Waals surface area contributed by atoms with Crippen LogP contribution in [0.3, 0.4) is 0 Å². The summed E-state index contributed by atoms with van der Waals surface area (Å²) in [6, 6.07) is 7.47. The molecular weight excluding hydrogens is 344 g/mol. The van der Waals surface area contributed by atoms with Crippen molar-refractivity contribution < 1.29 is 19.1 Å². The Morgan fingerprint density at radius 1 is 1.26 bits per heavy atom. The summed E-state index contributed by atoms with van der Waals surface area (Å²) in [4.78, 5) is 26.0. The second kappa shape index (κ2) is 7.51. The molecule has 0 spiro atoms. The first-order valence-corrected chi connectivity index (χ1v) is 9.27. The number of amides is 2. The van der Waals surface area contributed by atoms with Gasteiger partial charge < -0.3 is 14.8 Å². The van der Waals surface area contributed by atoms with Gasteiger partial charge in [0.05, 0.1) is 0 Å². The van der Waals surface area contributed by atoms with Crippen molar-refractivity contribution in [3.05, 3.63) is 35.4 Å². The number of carbonyl (C=O) groups is 2. The largest absolute Gasteiger partial charge is 0.446 e. The van der Waals surface area contributed by atoms with E-state index in [-0.39, 0.29) is 12.1 Å². The van der Waals surface area contributed by atoms with Gasteiger partial charge in [-0.2, -0.15) is 0 Å². The van der Waals surface area contributed by atoms with Crippen LogP contribution in [-0.2, 0) is 15.9 Å². The van der Waals surface area contributed by atoms with E-state index in [2.05, 4.69) is 11.2 Å². The molecule has 1 aliphatic heterocycles. The average Bonchev–Trinajstić information content (AvgIpc) is 2.57. The van der Waals surface area contributed by atoms with Crippen molar-refractivity contribution in [1.82, 2.24) is 10.2 Å². The molecule has 0 bridgehead atoms. The second-order valence-corrected chi connectivity index (χ2v) is 8.03. The first-order valence-electron chi connectivity index (χ1n) is 9.27. The molecule has 6 nitrogen and oxygen atoms in total. The normalized spacial score (nSPS) is 24.1. The zero-order valence-corrected chi connectivity index (χ0v) is 16.0. The molecule has 0 saturated heterocycles. The SMILES string of the molecule is C#C[C@H]1c2ccccc2CCN1C(=O)O[C@H]1C[C@@H](NC(=O)OC(C)(C)C)C1. The van der Waals surface area contributed by atoms with Crippen LogP contribution in [0.5, 0.6) is 0 Å². The second-order valence-electron chi connectivity index (χ2n) is 8.03. The Hall–Kier alpha value is -2.68. The molecule has 1 atom stereocenters. The van der Waals surface area contributed by atoms with E-state index in [9.17, 15) is 9.59 Å². The Labute approximate surface area is 160 Å². The summed E-state index contributed by atoms with van der Waals surface area (Å²) in [5.74, 6) is 2.71. The number of hydrogen-bond donors (Lipinski definition) is 1. The predicted octanol–water partition coefficient (Wildman–Crippen LogP) is 3.41. The van der Waals surface area contributed by atoms with Gasteiger partial charge >= 0.3 is 12.2 Å². The fourth-order valence-electron chi connectivity index (χ4n) is 3.41. The lowest BCUT2D eigenvalue weighted by atomic mass is 9.89. The molecule has 0 aromatic heterocycles. The van der Waals surface area contributed by atoms with Gasteiger partial charge in [-0.3, -0.25) is 4.90 Å². The predicted molar refractivity (Wildman–Crippen MR) is 101 cm³/mol. The summed E-state index contributed by atoms with van der Waals surface area (Å²) in [5.41, 5.74) is 1.63. The number of nitrogens with one attached hydrogen (secondary N) is 1. The Morgan fingerprint density at radius 3 is 2.63 bits per heavy atom. The number of hydrogen-bond acceptors (Lipinski definition) is 4. The third-order valence-electron chi connectivity index (χ3n) is 4.76. The third kappa shape index (κ3) is 4.54. The lowest BCUT2D eigenvalue weighted by Gasteiger charge is -2.39. The van der Waals surface area contributed by atoms with Crippen LogP contribution in [0, 0.1) is 12.3 Å². The number of fused-ring (bicyclic) bond motifs is 1. The first-order chi connectivity index (χ1) is 12.8. The Balaban J connectivity index is 1.50. The molecule has 27 heavy (non-hydrogen) atoms. The van der Waals surface area contributed by atoms with Crippen LogP contribution in [0.2, 0.25) is 0 Å². The quantitative estimate of drug-likeness (QED) is 0.810. The Morgan fingerprint density at radius 2 is 1.96 bits per heavy atom. The van der Waals surface area contributed by atoms with E-state index in [0.717, 1.165) is 12.0 Å². The zero-order chi connectivity index (χ0) is 19.6. The fourth-order valence-corrected chi connectivity index (χ4v) is 3.41. The van der Waals surface area contributed by atoms with Gasteiger partial charge in [-0.1, -0.05) is 30.2 Å². The molecule has 3 rings (SSSR count). The number of carbonyl (C=O) groups excluding carboxylic acids is 2. The molecule has 1 fully saturated rings. The van der Waals surface area contributed by atoms with Gasteiger partial charge in [0.25, 0.3) is 0 Å². The molecule has 2 amide bonds. The fraction of sp³-hybridized carbons (Fsp3) is 0.524. The summed E-state index contributed by atoms with van der Waals surface area (Å²) in [6.07, 6.45) is 6.55. The summed E-state index contributed by atoms with van der Waals surface area (Å²) >= 11 is 0. The smallest absolute Gasteiger partial charge is 0.411 e. The van der Waals surface area contributed by atoms with Gasteiger partial charge in [0.2, 0.25) is 0 Å². The molecule has 6 heteroatoms. The molecule has 1 N–H and O–H groups in total. The van der Waals surface area contributed by atoms with Crippen LogP contribution in [-0.4, -0.2) is 41.4 Å². The maximum atomic E-state index is 12.6. The molecule has 0 unspecified atom stereocenters. The summed E-state index contributed by atoms with van der Waals surface area (Å²) in [7, 11) is 0. The number of ether oxygens (including phenoxy) is 2. The molecule has 144 valence electrons. The molecule has 1 heterocycles. The van der Waals surface area contributed by atoms with E-state index < -0.39 is 23.8 Å². The van der Waals surface area contributed by atoms with Gasteiger partial charge in [0, 0.05) is 25.4 Å². The van der Waals surface area contributed by atoms with Gasteiger partial charge in [-0.15, -0.1) is 6.42 Å². The molecular formula is C21H26N2O4. The molecule has 1 saturated carbocycles. The van der Waals surface area contributed by atoms with Crippen molar-refractivity contribution >= 4 is 12.2 Å². The van der Waals surface area contributed by atoms with Crippen molar-refractivity contribution in [2.45, 2.75) is 63.8 Å². The van der Waals surface area contributed by atoms with Crippen LogP contribution < -0.4 is 5.32 Å². The maximum Gasteiger partial charge on any atom is 0.411 e. The van der Waals surface area contributed by atoms with Crippen molar-refractivity contribution in [3.8, 4) is 12.3 Å². The van der Waals surface area contributed by atoms with Crippen LogP contribution in [0.1, 0.15) is 50.8 Å². The van der Waals surface area contributed by atoms with E-state index in [1.807, 2.05) is 45.0 Å². The molecule has 0 radical (unpaired) electrons. The van der Waals surface area contributed by atoms with Gasteiger partial charge in [0.1, 0.15) is 17.7 Å². The van der Waals surface area contributed by atoms with Crippen LogP contribution in [0.15, 0.2) is 24.3 Å². The van der Waals surface area contributed by atoms with E-state index in [1.165, 1.54) is 5.56 Å². The van der Waals surface area contributed by atoms with Crippen molar-refractivity contribution in [2.24, 2.45) is 0 Å². The number of benzene rings is 1. The monoisotopic (exact) mass is 370 g/mol. The van der Waals surface area contributed by atoms with E-state index in [4.69, 9.17) is 15.9 Å². The highest BCUT2D eigenvalue weighted by Crippen LogP contribution is 2.31. The zero-order valence-electron chi connectivity index (χ0n) is 16.0. The maximum absolute atomic E-state index is 12.6. The highest BCUT2D eigenvalue weighted by molar-refractivity contribution is 5.70. The van der Waals surface area contributed by atoms with Crippen LogP contribution in [0.25, 0.3) is 0 Å². The Kier molecular flexibility index (Phi) is 5.31. The molecule has 2 aliphatic rings. The number of rotatable bonds is 2. The van der Waals surface area contributed by atoms with E-state index in [0.29, 0.717) is 19.4 Å². The molecule has 1 aromatic carbocycles. The number of nitrogens with zero attached hydrogens (tertiary/aromatic N) is 1. The Bertz CT molecular complexity index is 756. The highest BCUT2D eigenvalue weighted by atomic mass is 16.6. The van der Waals surface area contributed by atoms with Crippen molar-refractivity contribution in [2.75, 3.05) is 6.54 Å². The number of terminal acetylenes is 1. The first kappa shape index (κ1) is 19.1. The molecule has 1 aromatic rings. The standard InChI is InChI=1S/C21H26N2O4/c1-5-18-17-9-7-6-8-14(17)10-11-23(18)20(25)26-16-12-15(13-16)22-19(24)27-21(2,3)4/h1,6-9,15-16,18H,10-13H2,2-4H3,(H,22,24)/t15-,16+,18-/m0/s1. The minimum atomic E-state index is -0.533. The minimum absolute atomic E-state index is 0.0387. The van der Waals surface area contributed by atoms with E-state index >= 15 is 0 Å². The van der Waals surface area contributed by atoms with Crippen molar-refractivity contribution in [3.63, 3.8) is 0 Å². The minimum Gasteiger partial charge on any atom is -0.446 e. The topological polar surface area (TPSA) is 67.9 Å². The summed E-state index contributed by atoms with van der Waals surface area (Å²) in [5, 5.41) is 2.79. The van der Waals surface area contributed by atoms with Gasteiger partial charge in [-0.25, -0.2) is 9.59 Å². The molecule has 1 aliphatic carbocycles.